The Morgan fingerprint density at radius 3 is 3.06 bits per heavy atom. The number of hydrogen-bond acceptors (Lipinski definition) is 2. The molecule has 0 saturated carbocycles. The SMILES string of the molecule is Cc1cccc2c1N(C(=O)[C@H]1CCCN1)CCC2. The maximum absolute atomic E-state index is 12.6. The van der Waals surface area contributed by atoms with Crippen LogP contribution >= 0.6 is 0 Å². The molecule has 1 N–H and O–H groups in total. The second kappa shape index (κ2) is 4.73. The predicted molar refractivity (Wildman–Crippen MR) is 72.9 cm³/mol. The zero-order chi connectivity index (χ0) is 12.5. The molecule has 0 aliphatic carbocycles. The van der Waals surface area contributed by atoms with E-state index in [-0.39, 0.29) is 11.9 Å². The largest absolute Gasteiger partial charge is 0.311 e. The van der Waals surface area contributed by atoms with Crippen LogP contribution in [0.5, 0.6) is 0 Å². The molecule has 3 nitrogen and oxygen atoms in total. The molecule has 1 amide bonds. The molecular weight excluding hydrogens is 224 g/mol. The normalized spacial score (nSPS) is 22.9. The maximum atomic E-state index is 12.6. The number of para-hydroxylation sites is 1. The number of nitrogens with zero attached hydrogens (tertiary/aromatic N) is 1. The van der Waals surface area contributed by atoms with Crippen LogP contribution in [0.3, 0.4) is 0 Å². The predicted octanol–water partition coefficient (Wildman–Crippen LogP) is 2.03. The number of amides is 1. The molecule has 2 aliphatic heterocycles. The van der Waals surface area contributed by atoms with Gasteiger partial charge in [0, 0.05) is 12.2 Å². The van der Waals surface area contributed by atoms with Crippen molar-refractivity contribution >= 4 is 11.6 Å². The first-order valence-electron chi connectivity index (χ1n) is 6.90. The monoisotopic (exact) mass is 244 g/mol. The van der Waals surface area contributed by atoms with Crippen molar-refractivity contribution in [2.24, 2.45) is 0 Å². The molecule has 1 aromatic rings. The number of fused-ring (bicyclic) bond motifs is 1. The van der Waals surface area contributed by atoms with Gasteiger partial charge >= 0.3 is 0 Å². The summed E-state index contributed by atoms with van der Waals surface area (Å²) in [4.78, 5) is 14.6. The zero-order valence-electron chi connectivity index (χ0n) is 10.9. The van der Waals surface area contributed by atoms with Crippen molar-refractivity contribution in [1.29, 1.82) is 0 Å². The second-order valence-corrected chi connectivity index (χ2v) is 5.33. The zero-order valence-corrected chi connectivity index (χ0v) is 10.9. The van der Waals surface area contributed by atoms with Gasteiger partial charge in [0.2, 0.25) is 5.91 Å². The fourth-order valence-electron chi connectivity index (χ4n) is 3.15. The van der Waals surface area contributed by atoms with E-state index in [2.05, 4.69) is 30.4 Å². The Labute approximate surface area is 108 Å². The van der Waals surface area contributed by atoms with E-state index in [0.717, 1.165) is 38.8 Å². The number of benzene rings is 1. The van der Waals surface area contributed by atoms with E-state index in [1.165, 1.54) is 16.8 Å². The lowest BCUT2D eigenvalue weighted by molar-refractivity contribution is -0.120. The summed E-state index contributed by atoms with van der Waals surface area (Å²) in [5.41, 5.74) is 3.72. The van der Waals surface area contributed by atoms with Gasteiger partial charge in [0.15, 0.2) is 0 Å². The second-order valence-electron chi connectivity index (χ2n) is 5.33. The smallest absolute Gasteiger partial charge is 0.244 e. The van der Waals surface area contributed by atoms with E-state index in [1.54, 1.807) is 0 Å². The maximum Gasteiger partial charge on any atom is 0.244 e. The van der Waals surface area contributed by atoms with Crippen LogP contribution in [0.4, 0.5) is 5.69 Å². The van der Waals surface area contributed by atoms with Crippen LogP contribution in [0.2, 0.25) is 0 Å². The lowest BCUT2D eigenvalue weighted by Crippen LogP contribution is -2.46. The molecule has 96 valence electrons. The molecule has 2 heterocycles. The minimum Gasteiger partial charge on any atom is -0.311 e. The van der Waals surface area contributed by atoms with E-state index < -0.39 is 0 Å². The first-order valence-corrected chi connectivity index (χ1v) is 6.90. The Kier molecular flexibility index (Phi) is 3.08. The van der Waals surface area contributed by atoms with Gasteiger partial charge in [-0.15, -0.1) is 0 Å². The Bertz CT molecular complexity index is 464. The van der Waals surface area contributed by atoms with Crippen LogP contribution in [0.15, 0.2) is 18.2 Å². The highest BCUT2D eigenvalue weighted by Crippen LogP contribution is 2.31. The number of rotatable bonds is 1. The first-order chi connectivity index (χ1) is 8.77. The third-order valence-electron chi connectivity index (χ3n) is 4.04. The number of anilines is 1. The summed E-state index contributed by atoms with van der Waals surface area (Å²) in [6.07, 6.45) is 4.27. The van der Waals surface area contributed by atoms with Crippen molar-refractivity contribution in [2.75, 3.05) is 18.0 Å². The number of hydrogen-bond donors (Lipinski definition) is 1. The van der Waals surface area contributed by atoms with Gasteiger partial charge in [-0.1, -0.05) is 18.2 Å². The highest BCUT2D eigenvalue weighted by molar-refractivity contribution is 5.99. The van der Waals surface area contributed by atoms with Crippen molar-refractivity contribution in [1.82, 2.24) is 5.32 Å². The minimum atomic E-state index is 0.0376. The molecule has 2 aliphatic rings. The summed E-state index contributed by atoms with van der Waals surface area (Å²) in [5, 5.41) is 3.31. The number of nitrogens with one attached hydrogen (secondary N) is 1. The lowest BCUT2D eigenvalue weighted by Gasteiger charge is -2.32. The molecule has 0 spiro atoms. The molecule has 1 atom stereocenters. The molecule has 0 radical (unpaired) electrons. The summed E-state index contributed by atoms with van der Waals surface area (Å²) in [6.45, 7) is 3.95. The average molecular weight is 244 g/mol. The van der Waals surface area contributed by atoms with E-state index in [0.29, 0.717) is 0 Å². The Hall–Kier alpha value is -1.35. The molecule has 1 saturated heterocycles. The van der Waals surface area contributed by atoms with Crippen molar-refractivity contribution in [2.45, 2.75) is 38.6 Å². The van der Waals surface area contributed by atoms with E-state index in [1.807, 2.05) is 4.90 Å². The van der Waals surface area contributed by atoms with Gasteiger partial charge < -0.3 is 10.2 Å². The molecule has 0 unspecified atom stereocenters. The molecule has 0 aromatic heterocycles. The topological polar surface area (TPSA) is 32.3 Å². The standard InChI is InChI=1S/C15H20N2O/c1-11-5-2-6-12-7-4-10-17(14(11)12)15(18)13-8-3-9-16-13/h2,5-6,13,16H,3-4,7-10H2,1H3/t13-/m1/s1. The quantitative estimate of drug-likeness (QED) is 0.819. The first kappa shape index (κ1) is 11.7. The van der Waals surface area contributed by atoms with Crippen LogP contribution in [-0.2, 0) is 11.2 Å². The summed E-state index contributed by atoms with van der Waals surface area (Å²) in [5.74, 6) is 0.266. The number of carbonyl (C=O) groups is 1. The van der Waals surface area contributed by atoms with Crippen molar-refractivity contribution in [3.05, 3.63) is 29.3 Å². The van der Waals surface area contributed by atoms with Gasteiger partial charge in [-0.2, -0.15) is 0 Å². The van der Waals surface area contributed by atoms with Gasteiger partial charge in [0.25, 0.3) is 0 Å². The third kappa shape index (κ3) is 1.93. The van der Waals surface area contributed by atoms with Crippen molar-refractivity contribution in [3.8, 4) is 0 Å². The molecule has 3 rings (SSSR count). The summed E-state index contributed by atoms with van der Waals surface area (Å²) < 4.78 is 0. The molecule has 3 heteroatoms. The molecule has 18 heavy (non-hydrogen) atoms. The number of aryl methyl sites for hydroxylation is 2. The highest BCUT2D eigenvalue weighted by atomic mass is 16.2. The van der Waals surface area contributed by atoms with Crippen molar-refractivity contribution < 1.29 is 4.79 Å². The van der Waals surface area contributed by atoms with Crippen molar-refractivity contribution in [3.63, 3.8) is 0 Å². The van der Waals surface area contributed by atoms with Crippen LogP contribution in [0.1, 0.15) is 30.4 Å². The molecular formula is C15H20N2O. The minimum absolute atomic E-state index is 0.0376. The summed E-state index contributed by atoms with van der Waals surface area (Å²) in [6, 6.07) is 6.39. The van der Waals surface area contributed by atoms with Gasteiger partial charge in [0.1, 0.15) is 0 Å². The van der Waals surface area contributed by atoms with Gasteiger partial charge in [-0.25, -0.2) is 0 Å². The summed E-state index contributed by atoms with van der Waals surface area (Å²) in [7, 11) is 0. The van der Waals surface area contributed by atoms with Crippen LogP contribution < -0.4 is 10.2 Å². The Morgan fingerprint density at radius 1 is 1.39 bits per heavy atom. The van der Waals surface area contributed by atoms with Gasteiger partial charge in [-0.3, -0.25) is 4.79 Å². The molecule has 0 bridgehead atoms. The van der Waals surface area contributed by atoms with Crippen LogP contribution in [0.25, 0.3) is 0 Å². The van der Waals surface area contributed by atoms with E-state index in [9.17, 15) is 4.79 Å². The van der Waals surface area contributed by atoms with Crippen LogP contribution in [-0.4, -0.2) is 25.0 Å². The Balaban J connectivity index is 1.93. The Morgan fingerprint density at radius 2 is 2.28 bits per heavy atom. The van der Waals surface area contributed by atoms with E-state index >= 15 is 0 Å². The fraction of sp³-hybridized carbons (Fsp3) is 0.533. The van der Waals surface area contributed by atoms with E-state index in [4.69, 9.17) is 0 Å². The average Bonchev–Trinajstić information content (AvgIpc) is 2.91. The highest BCUT2D eigenvalue weighted by Gasteiger charge is 2.30. The van der Waals surface area contributed by atoms with Gasteiger partial charge in [0.05, 0.1) is 6.04 Å². The van der Waals surface area contributed by atoms with Gasteiger partial charge in [-0.05, 0) is 50.3 Å². The molecule has 1 aromatic carbocycles. The summed E-state index contributed by atoms with van der Waals surface area (Å²) >= 11 is 0. The number of carbonyl (C=O) groups excluding carboxylic acids is 1. The third-order valence-corrected chi connectivity index (χ3v) is 4.04. The lowest BCUT2D eigenvalue weighted by atomic mass is 9.97. The van der Waals surface area contributed by atoms with Crippen LogP contribution in [0, 0.1) is 6.92 Å². The molecule has 1 fully saturated rings. The fourth-order valence-corrected chi connectivity index (χ4v) is 3.15.